The zero-order chi connectivity index (χ0) is 5.21. The van der Waals surface area contributed by atoms with Crippen LogP contribution in [-0.4, -0.2) is 8.76 Å². The topological polar surface area (TPSA) is 46.5 Å². The molecule has 2 atom stereocenters. The minimum Gasteiger partial charge on any atom is -0.285 e. The van der Waals surface area contributed by atoms with E-state index in [0.717, 1.165) is 0 Å². The molecule has 0 aliphatic rings. The van der Waals surface area contributed by atoms with E-state index in [9.17, 15) is 4.21 Å². The Morgan fingerprint density at radius 1 is 2.00 bits per heavy atom. The van der Waals surface area contributed by atoms with Crippen molar-refractivity contribution in [1.82, 2.24) is 0 Å². The number of hydrogen-bond acceptors (Lipinski definition) is 3. The first-order valence-corrected chi connectivity index (χ1v) is 3.75. The monoisotopic (exact) mass is 146 g/mol. The normalized spacial score (nSPS) is 19.7. The molecule has 0 fully saturated rings. The average Bonchev–Trinajstić information content (AvgIpc) is 1.35. The second kappa shape index (κ2) is 2.14. The maximum absolute atomic E-state index is 9.68. The van der Waals surface area contributed by atoms with Crippen molar-refractivity contribution in [2.45, 2.75) is 0 Å². The molecule has 0 aromatic rings. The van der Waals surface area contributed by atoms with Gasteiger partial charge in [-0.2, -0.15) is 4.21 Å². The molecule has 0 aromatic carbocycles. The van der Waals surface area contributed by atoms with Crippen LogP contribution in [0, 0.1) is 0 Å². The lowest BCUT2D eigenvalue weighted by atomic mass is 15.8. The molecule has 0 aliphatic heterocycles. The molecule has 0 aliphatic carbocycles. The van der Waals surface area contributed by atoms with Crippen LogP contribution in [0.4, 0.5) is 0 Å². The lowest BCUT2D eigenvalue weighted by molar-refractivity contribution is 0.482. The lowest BCUT2D eigenvalue weighted by Gasteiger charge is -1.86. The highest BCUT2D eigenvalue weighted by Gasteiger charge is 1.88. The van der Waals surface area contributed by atoms with Gasteiger partial charge in [0.2, 0.25) is 0 Å². The van der Waals surface area contributed by atoms with Gasteiger partial charge >= 0.3 is 0 Å². The predicted octanol–water partition coefficient (Wildman–Crippen LogP) is -0.0726. The molecular formula is H3O3PS2. The van der Waals surface area contributed by atoms with Crippen molar-refractivity contribution in [3.63, 3.8) is 0 Å². The summed E-state index contributed by atoms with van der Waals surface area (Å²) in [5.41, 5.74) is 0. The van der Waals surface area contributed by atoms with E-state index in [1.807, 2.05) is 0 Å². The quantitative estimate of drug-likeness (QED) is 0.526. The molecule has 0 heterocycles. The van der Waals surface area contributed by atoms with E-state index < -0.39 is 9.05 Å². The van der Waals surface area contributed by atoms with E-state index >= 15 is 0 Å². The first-order valence-electron chi connectivity index (χ1n) is 0.918. The van der Waals surface area contributed by atoms with Gasteiger partial charge in [-0.1, -0.05) is 0 Å². The first kappa shape index (κ1) is 6.72. The highest BCUT2D eigenvalue weighted by Crippen LogP contribution is 1.91. The molecule has 0 rings (SSSR count). The Morgan fingerprint density at radius 2 is 2.17 bits per heavy atom. The van der Waals surface area contributed by atoms with Crippen molar-refractivity contribution in [1.29, 1.82) is 0 Å². The standard InChI is InChI=1S/H3O3PS2/c1-6(2,5)3-4/h4H2,(H,1,2,5). The lowest BCUT2D eigenvalue weighted by Crippen LogP contribution is -1.89. The minimum absolute atomic E-state index is 1.59. The van der Waals surface area contributed by atoms with E-state index in [1.165, 1.54) is 0 Å². The molecule has 0 amide bonds. The van der Waals surface area contributed by atoms with Crippen molar-refractivity contribution >= 4 is 29.7 Å². The fourth-order valence-corrected chi connectivity index (χ4v) is 0. The summed E-state index contributed by atoms with van der Waals surface area (Å²) in [7, 11) is -1.77. The Balaban J connectivity index is 3.85. The molecule has 0 radical (unpaired) electrons. The third-order valence-corrected chi connectivity index (χ3v) is 1.80. The summed E-state index contributed by atoms with van der Waals surface area (Å²) in [6, 6.07) is 0. The molecule has 0 aromatic heterocycles. The van der Waals surface area contributed by atoms with Gasteiger partial charge in [0.1, 0.15) is 0 Å². The van der Waals surface area contributed by atoms with E-state index in [1.54, 1.807) is 9.47 Å². The minimum atomic E-state index is -3.37. The van der Waals surface area contributed by atoms with Crippen LogP contribution in [0.15, 0.2) is 0 Å². The summed E-state index contributed by atoms with van der Waals surface area (Å²) in [4.78, 5) is 0. The van der Waals surface area contributed by atoms with E-state index in [2.05, 4.69) is 15.2 Å². The Hall–Kier alpha value is 0.720. The third kappa shape index (κ3) is 4.72. The highest BCUT2D eigenvalue weighted by molar-refractivity contribution is 8.27. The van der Waals surface area contributed by atoms with Gasteiger partial charge < -0.3 is 0 Å². The Labute approximate surface area is 43.1 Å². The molecule has 38 valence electrons. The molecule has 0 bridgehead atoms. The third-order valence-electron chi connectivity index (χ3n) is 0.122. The molecular weight excluding hydrogens is 143 g/mol. The van der Waals surface area contributed by atoms with Gasteiger partial charge in [0, 0.05) is 20.7 Å². The SMILES string of the molecule is O=S(O)(=S)OP. The molecule has 0 saturated carbocycles. The van der Waals surface area contributed by atoms with Gasteiger partial charge in [0.15, 0.2) is 0 Å². The first-order chi connectivity index (χ1) is 2.56. The summed E-state index contributed by atoms with van der Waals surface area (Å²) in [5, 5.41) is 0. The van der Waals surface area contributed by atoms with E-state index in [-0.39, 0.29) is 0 Å². The van der Waals surface area contributed by atoms with Gasteiger partial charge in [0.25, 0.3) is 9.05 Å². The zero-order valence-electron chi connectivity index (χ0n) is 2.66. The molecule has 0 spiro atoms. The Bertz CT molecular complexity index is 111. The Kier molecular flexibility index (Phi) is 2.39. The van der Waals surface area contributed by atoms with Gasteiger partial charge in [0.05, 0.1) is 0 Å². The maximum atomic E-state index is 9.68. The molecule has 6 heavy (non-hydrogen) atoms. The van der Waals surface area contributed by atoms with Crippen molar-refractivity contribution in [2.75, 3.05) is 0 Å². The summed E-state index contributed by atoms with van der Waals surface area (Å²) in [6.45, 7) is 0. The molecule has 0 saturated heterocycles. The number of rotatable bonds is 1. The number of hydrogen-bond donors (Lipinski definition) is 1. The van der Waals surface area contributed by atoms with Crippen molar-refractivity contribution < 1.29 is 12.7 Å². The summed E-state index contributed by atoms with van der Waals surface area (Å²) in [5.74, 6) is 0. The summed E-state index contributed by atoms with van der Waals surface area (Å²) in [6.07, 6.45) is 0. The maximum Gasteiger partial charge on any atom is 0.269 e. The summed E-state index contributed by atoms with van der Waals surface area (Å²) >= 11 is 3.83. The van der Waals surface area contributed by atoms with E-state index in [0.29, 0.717) is 0 Å². The van der Waals surface area contributed by atoms with Crippen molar-refractivity contribution in [3.8, 4) is 0 Å². The van der Waals surface area contributed by atoms with Crippen LogP contribution < -0.4 is 0 Å². The van der Waals surface area contributed by atoms with Crippen LogP contribution in [0.2, 0.25) is 0 Å². The second-order valence-corrected chi connectivity index (χ2v) is 3.41. The fraction of sp³-hybridized carbons (Fsp3) is 0. The zero-order valence-corrected chi connectivity index (χ0v) is 5.45. The van der Waals surface area contributed by atoms with Gasteiger partial charge in [-0.3, -0.25) is 8.52 Å². The Morgan fingerprint density at radius 3 is 2.17 bits per heavy atom. The molecule has 1 N–H and O–H groups in total. The van der Waals surface area contributed by atoms with Crippen LogP contribution in [-0.2, 0) is 24.2 Å². The predicted molar refractivity (Wildman–Crippen MR) is 28.9 cm³/mol. The fourth-order valence-electron chi connectivity index (χ4n) is 0. The van der Waals surface area contributed by atoms with Gasteiger partial charge in [-0.15, -0.1) is 0 Å². The van der Waals surface area contributed by atoms with Crippen LogP contribution >= 0.6 is 9.47 Å². The van der Waals surface area contributed by atoms with Crippen LogP contribution in [0.1, 0.15) is 0 Å². The molecule has 2 unspecified atom stereocenters. The summed E-state index contributed by atoms with van der Waals surface area (Å²) < 4.78 is 21.4. The van der Waals surface area contributed by atoms with Crippen LogP contribution in [0.5, 0.6) is 0 Å². The molecule has 6 heteroatoms. The van der Waals surface area contributed by atoms with Gasteiger partial charge in [-0.25, -0.2) is 0 Å². The largest absolute Gasteiger partial charge is 0.285 e. The molecule has 3 nitrogen and oxygen atoms in total. The van der Waals surface area contributed by atoms with E-state index in [4.69, 9.17) is 4.55 Å². The highest BCUT2D eigenvalue weighted by atomic mass is 32.9. The second-order valence-electron chi connectivity index (χ2n) is 0.524. The van der Waals surface area contributed by atoms with Crippen LogP contribution in [0.3, 0.4) is 0 Å². The van der Waals surface area contributed by atoms with Gasteiger partial charge in [-0.05, 0) is 0 Å². The smallest absolute Gasteiger partial charge is 0.269 e. The average molecular weight is 146 g/mol. The van der Waals surface area contributed by atoms with Crippen LogP contribution in [0.25, 0.3) is 0 Å². The van der Waals surface area contributed by atoms with Crippen molar-refractivity contribution in [2.24, 2.45) is 0 Å². The van der Waals surface area contributed by atoms with Crippen molar-refractivity contribution in [3.05, 3.63) is 0 Å².